The third-order valence-corrected chi connectivity index (χ3v) is 3.15. The zero-order valence-electron chi connectivity index (χ0n) is 12.9. The number of hydrogen-bond donors (Lipinski definition) is 2. The van der Waals surface area contributed by atoms with Crippen molar-refractivity contribution in [3.8, 4) is 0 Å². The second-order valence-electron chi connectivity index (χ2n) is 5.75. The van der Waals surface area contributed by atoms with Crippen LogP contribution in [0.3, 0.4) is 0 Å². The summed E-state index contributed by atoms with van der Waals surface area (Å²) in [6.45, 7) is 9.39. The number of rotatable bonds is 6. The maximum atomic E-state index is 11.7. The van der Waals surface area contributed by atoms with E-state index in [4.69, 9.17) is 4.74 Å². The number of nitrogens with zero attached hydrogens (tertiary/aromatic N) is 1. The minimum absolute atomic E-state index is 0.0791. The molecular formula is C13H27N3O3. The Morgan fingerprint density at radius 2 is 1.89 bits per heavy atom. The Morgan fingerprint density at radius 3 is 2.37 bits per heavy atom. The number of ether oxygens (including phenoxy) is 1. The molecule has 0 heterocycles. The molecule has 0 spiro atoms. The number of urea groups is 1. The van der Waals surface area contributed by atoms with Crippen LogP contribution < -0.4 is 10.6 Å². The summed E-state index contributed by atoms with van der Waals surface area (Å²) in [7, 11) is 3.42. The highest BCUT2D eigenvalue weighted by Crippen LogP contribution is 2.22. The Hall–Kier alpha value is -1.14. The fraction of sp³-hybridized carbons (Fsp3) is 0.846. The van der Waals surface area contributed by atoms with Gasteiger partial charge in [-0.2, -0.15) is 0 Å². The van der Waals surface area contributed by atoms with Crippen molar-refractivity contribution >= 4 is 11.9 Å². The standard InChI is InChI=1S/C13H27N3O3/c1-10(13(2,3)4)16(5)9-11(17)15-12(18)14-7-8-19-6/h10H,7-9H2,1-6H3,(H2,14,15,17,18)/t10-/m1/s1. The van der Waals surface area contributed by atoms with E-state index in [9.17, 15) is 9.59 Å². The zero-order valence-corrected chi connectivity index (χ0v) is 12.9. The van der Waals surface area contributed by atoms with E-state index in [-0.39, 0.29) is 23.9 Å². The highest BCUT2D eigenvalue weighted by Gasteiger charge is 2.25. The summed E-state index contributed by atoms with van der Waals surface area (Å²) in [5, 5.41) is 4.82. The van der Waals surface area contributed by atoms with Crippen LogP contribution in [-0.4, -0.2) is 56.7 Å². The van der Waals surface area contributed by atoms with Gasteiger partial charge < -0.3 is 10.1 Å². The summed E-state index contributed by atoms with van der Waals surface area (Å²) in [5.41, 5.74) is 0.0791. The van der Waals surface area contributed by atoms with Crippen LogP contribution in [0, 0.1) is 5.41 Å². The third-order valence-electron chi connectivity index (χ3n) is 3.15. The number of imide groups is 1. The molecule has 0 unspecified atom stereocenters. The van der Waals surface area contributed by atoms with Crippen molar-refractivity contribution in [1.29, 1.82) is 0 Å². The van der Waals surface area contributed by atoms with E-state index < -0.39 is 6.03 Å². The van der Waals surface area contributed by atoms with Crippen LogP contribution in [0.4, 0.5) is 4.79 Å². The smallest absolute Gasteiger partial charge is 0.321 e. The molecule has 0 aromatic rings. The van der Waals surface area contributed by atoms with E-state index in [0.717, 1.165) is 0 Å². The lowest BCUT2D eigenvalue weighted by Gasteiger charge is -2.34. The van der Waals surface area contributed by atoms with Gasteiger partial charge in [-0.3, -0.25) is 15.0 Å². The molecule has 0 rings (SSSR count). The molecule has 1 atom stereocenters. The van der Waals surface area contributed by atoms with Gasteiger partial charge in [0, 0.05) is 19.7 Å². The average molecular weight is 273 g/mol. The molecule has 19 heavy (non-hydrogen) atoms. The number of nitrogens with one attached hydrogen (secondary N) is 2. The molecule has 0 aliphatic heterocycles. The van der Waals surface area contributed by atoms with E-state index >= 15 is 0 Å². The van der Waals surface area contributed by atoms with Crippen LogP contribution >= 0.6 is 0 Å². The molecule has 0 aliphatic rings. The Morgan fingerprint density at radius 1 is 1.32 bits per heavy atom. The van der Waals surface area contributed by atoms with Gasteiger partial charge in [-0.05, 0) is 19.4 Å². The molecule has 0 saturated carbocycles. The van der Waals surface area contributed by atoms with Gasteiger partial charge >= 0.3 is 6.03 Å². The van der Waals surface area contributed by atoms with Gasteiger partial charge in [-0.15, -0.1) is 0 Å². The van der Waals surface area contributed by atoms with Gasteiger partial charge in [0.2, 0.25) is 5.91 Å². The Labute approximate surface area is 115 Å². The molecule has 0 fully saturated rings. The maximum Gasteiger partial charge on any atom is 0.321 e. The number of amides is 3. The predicted octanol–water partition coefficient (Wildman–Crippen LogP) is 0.825. The van der Waals surface area contributed by atoms with Crippen LogP contribution in [0.1, 0.15) is 27.7 Å². The Bertz CT molecular complexity index is 300. The van der Waals surface area contributed by atoms with Gasteiger partial charge in [0.15, 0.2) is 0 Å². The third kappa shape index (κ3) is 7.79. The quantitative estimate of drug-likeness (QED) is 0.703. The number of carbonyl (C=O) groups excluding carboxylic acids is 2. The molecule has 6 heteroatoms. The van der Waals surface area contributed by atoms with Crippen molar-refractivity contribution in [3.05, 3.63) is 0 Å². The van der Waals surface area contributed by atoms with E-state index in [2.05, 4.69) is 38.3 Å². The first-order chi connectivity index (χ1) is 8.68. The van der Waals surface area contributed by atoms with Crippen molar-refractivity contribution in [1.82, 2.24) is 15.5 Å². The van der Waals surface area contributed by atoms with Crippen LogP contribution in [0.25, 0.3) is 0 Å². The summed E-state index contributed by atoms with van der Waals surface area (Å²) in [5.74, 6) is -0.312. The predicted molar refractivity (Wildman–Crippen MR) is 75.0 cm³/mol. The highest BCUT2D eigenvalue weighted by molar-refractivity contribution is 5.95. The molecular weight excluding hydrogens is 246 g/mol. The molecule has 0 saturated heterocycles. The summed E-state index contributed by atoms with van der Waals surface area (Å²) in [6.07, 6.45) is 0. The SMILES string of the molecule is COCCNC(=O)NC(=O)CN(C)[C@H](C)C(C)(C)C. The molecule has 0 bridgehead atoms. The normalized spacial score (nSPS) is 13.2. The van der Waals surface area contributed by atoms with Gasteiger partial charge in [0.25, 0.3) is 0 Å². The monoisotopic (exact) mass is 273 g/mol. The first kappa shape index (κ1) is 17.9. The molecule has 0 aliphatic carbocycles. The summed E-state index contributed by atoms with van der Waals surface area (Å²) in [6, 6.07) is -0.256. The summed E-state index contributed by atoms with van der Waals surface area (Å²) >= 11 is 0. The summed E-state index contributed by atoms with van der Waals surface area (Å²) < 4.78 is 4.80. The van der Waals surface area contributed by atoms with E-state index in [0.29, 0.717) is 13.2 Å². The number of methoxy groups -OCH3 is 1. The highest BCUT2D eigenvalue weighted by atomic mass is 16.5. The van der Waals surface area contributed by atoms with Crippen molar-refractivity contribution in [2.45, 2.75) is 33.7 Å². The lowest BCUT2D eigenvalue weighted by atomic mass is 9.87. The first-order valence-corrected chi connectivity index (χ1v) is 6.45. The van der Waals surface area contributed by atoms with Crippen molar-refractivity contribution in [2.75, 3.05) is 33.9 Å². The lowest BCUT2D eigenvalue weighted by molar-refractivity contribution is -0.121. The molecule has 0 radical (unpaired) electrons. The zero-order chi connectivity index (χ0) is 15.1. The Balaban J connectivity index is 4.07. The van der Waals surface area contributed by atoms with E-state index in [1.54, 1.807) is 7.11 Å². The number of hydrogen-bond acceptors (Lipinski definition) is 4. The van der Waals surface area contributed by atoms with Gasteiger partial charge in [0.1, 0.15) is 0 Å². The fourth-order valence-corrected chi connectivity index (χ4v) is 1.50. The van der Waals surface area contributed by atoms with Crippen LogP contribution in [0.2, 0.25) is 0 Å². The summed E-state index contributed by atoms with van der Waals surface area (Å²) in [4.78, 5) is 25.0. The first-order valence-electron chi connectivity index (χ1n) is 6.45. The minimum Gasteiger partial charge on any atom is -0.383 e. The van der Waals surface area contributed by atoms with Crippen molar-refractivity contribution in [3.63, 3.8) is 0 Å². The molecule has 6 nitrogen and oxygen atoms in total. The second kappa shape index (κ2) is 8.12. The van der Waals surface area contributed by atoms with Crippen LogP contribution in [-0.2, 0) is 9.53 Å². The Kier molecular flexibility index (Phi) is 7.63. The fourth-order valence-electron chi connectivity index (χ4n) is 1.50. The molecule has 0 aromatic carbocycles. The minimum atomic E-state index is -0.487. The molecule has 2 N–H and O–H groups in total. The maximum absolute atomic E-state index is 11.7. The van der Waals surface area contributed by atoms with Gasteiger partial charge in [0.05, 0.1) is 13.2 Å². The lowest BCUT2D eigenvalue weighted by Crippen LogP contribution is -2.48. The molecule has 112 valence electrons. The van der Waals surface area contributed by atoms with E-state index in [1.165, 1.54) is 0 Å². The van der Waals surface area contributed by atoms with Crippen LogP contribution in [0.5, 0.6) is 0 Å². The largest absolute Gasteiger partial charge is 0.383 e. The number of likely N-dealkylation sites (N-methyl/N-ethyl adjacent to an activating group) is 1. The molecule has 3 amide bonds. The molecule has 0 aromatic heterocycles. The second-order valence-corrected chi connectivity index (χ2v) is 5.75. The van der Waals surface area contributed by atoms with E-state index in [1.807, 2.05) is 11.9 Å². The van der Waals surface area contributed by atoms with Crippen molar-refractivity contribution in [2.24, 2.45) is 5.41 Å². The number of carbonyl (C=O) groups is 2. The topological polar surface area (TPSA) is 70.7 Å². The van der Waals surface area contributed by atoms with Crippen molar-refractivity contribution < 1.29 is 14.3 Å². The average Bonchev–Trinajstić information content (AvgIpc) is 2.26. The van der Waals surface area contributed by atoms with Gasteiger partial charge in [-0.25, -0.2) is 4.79 Å². The van der Waals surface area contributed by atoms with Crippen LogP contribution in [0.15, 0.2) is 0 Å². The van der Waals surface area contributed by atoms with Gasteiger partial charge in [-0.1, -0.05) is 20.8 Å².